The predicted molar refractivity (Wildman–Crippen MR) is 126 cm³/mol. The number of pyridine rings is 1. The van der Waals surface area contributed by atoms with E-state index < -0.39 is 0 Å². The van der Waals surface area contributed by atoms with Gasteiger partial charge in [0.15, 0.2) is 0 Å². The number of piperidine rings is 1. The highest BCUT2D eigenvalue weighted by Crippen LogP contribution is 2.29. The number of rotatable bonds is 5. The number of halogens is 1. The summed E-state index contributed by atoms with van der Waals surface area (Å²) < 4.78 is 19.9. The summed E-state index contributed by atoms with van der Waals surface area (Å²) in [5, 5.41) is 0. The average molecular weight is 455 g/mol. The number of ether oxygens (including phenoxy) is 1. The molecule has 0 N–H and O–H groups in total. The second kappa shape index (κ2) is 9.79. The van der Waals surface area contributed by atoms with Crippen LogP contribution < -0.4 is 4.74 Å². The zero-order valence-corrected chi connectivity index (χ0v) is 18.5. The number of carbonyl (C=O) groups excluding carboxylic acids is 1. The molecule has 2 aromatic carbocycles. The molecule has 1 amide bonds. The van der Waals surface area contributed by atoms with Crippen molar-refractivity contribution in [3.63, 3.8) is 0 Å². The summed E-state index contributed by atoms with van der Waals surface area (Å²) in [6.45, 7) is 1.23. The monoisotopic (exact) mass is 454 g/mol. The molecule has 170 valence electrons. The summed E-state index contributed by atoms with van der Waals surface area (Å²) in [7, 11) is 0. The first kappa shape index (κ1) is 21.7. The van der Waals surface area contributed by atoms with Gasteiger partial charge in [-0.25, -0.2) is 14.4 Å². The second-order valence-electron chi connectivity index (χ2n) is 8.18. The van der Waals surface area contributed by atoms with Gasteiger partial charge in [0.1, 0.15) is 11.6 Å². The van der Waals surface area contributed by atoms with Crippen LogP contribution in [0.3, 0.4) is 0 Å². The number of carbonyl (C=O) groups is 1. The van der Waals surface area contributed by atoms with E-state index in [0.717, 1.165) is 18.5 Å². The first-order valence-electron chi connectivity index (χ1n) is 11.2. The molecule has 7 heteroatoms. The van der Waals surface area contributed by atoms with Gasteiger partial charge in [-0.05, 0) is 61.4 Å². The summed E-state index contributed by atoms with van der Waals surface area (Å²) in [6, 6.07) is 21.3. The molecule has 5 rings (SSSR count). The third kappa shape index (κ3) is 4.78. The van der Waals surface area contributed by atoms with Crippen LogP contribution in [0.15, 0.2) is 85.2 Å². The fourth-order valence-corrected chi connectivity index (χ4v) is 4.22. The highest BCUT2D eigenvalue weighted by molar-refractivity contribution is 5.94. The molecule has 4 aromatic rings. The highest BCUT2D eigenvalue weighted by atomic mass is 19.1. The second-order valence-corrected chi connectivity index (χ2v) is 8.18. The van der Waals surface area contributed by atoms with Gasteiger partial charge in [-0.2, -0.15) is 0 Å². The van der Waals surface area contributed by atoms with Gasteiger partial charge in [0.25, 0.3) is 5.91 Å². The standard InChI is InChI=1S/C27H23FN4O2/c28-23-11-2-1-10-22(23)25-13-4-12-24(31-25)20-8-5-16-32(18-20)26(33)19-7-3-9-21(17-19)34-27-29-14-6-15-30-27/h1-4,6-7,9-15,17,20H,5,8,16,18H2. The van der Waals surface area contributed by atoms with Crippen LogP contribution in [-0.4, -0.2) is 38.8 Å². The van der Waals surface area contributed by atoms with E-state index in [1.165, 1.54) is 6.07 Å². The van der Waals surface area contributed by atoms with E-state index in [0.29, 0.717) is 35.7 Å². The molecule has 0 spiro atoms. The molecule has 0 aliphatic carbocycles. The van der Waals surface area contributed by atoms with Gasteiger partial charge in [0, 0.05) is 48.2 Å². The molecule has 1 saturated heterocycles. The lowest BCUT2D eigenvalue weighted by atomic mass is 9.93. The molecule has 1 unspecified atom stereocenters. The smallest absolute Gasteiger partial charge is 0.321 e. The zero-order chi connectivity index (χ0) is 23.3. The highest BCUT2D eigenvalue weighted by Gasteiger charge is 2.27. The Balaban J connectivity index is 1.32. The molecule has 0 saturated carbocycles. The van der Waals surface area contributed by atoms with E-state index in [2.05, 4.69) is 9.97 Å². The SMILES string of the molecule is O=C(c1cccc(Oc2ncccn2)c1)N1CCCC(c2cccc(-c3ccccc3F)n2)C1. The van der Waals surface area contributed by atoms with Gasteiger partial charge in [-0.3, -0.25) is 9.78 Å². The van der Waals surface area contributed by atoms with E-state index in [4.69, 9.17) is 9.72 Å². The lowest BCUT2D eigenvalue weighted by Gasteiger charge is -2.32. The Morgan fingerprint density at radius 2 is 1.79 bits per heavy atom. The van der Waals surface area contributed by atoms with Gasteiger partial charge in [0.2, 0.25) is 0 Å². The Labute approximate surface area is 197 Å². The first-order chi connectivity index (χ1) is 16.7. The average Bonchev–Trinajstić information content (AvgIpc) is 2.89. The van der Waals surface area contributed by atoms with Crippen LogP contribution in [0.5, 0.6) is 11.8 Å². The Kier molecular flexibility index (Phi) is 6.25. The molecule has 0 bridgehead atoms. The molecule has 3 heterocycles. The molecule has 2 aromatic heterocycles. The lowest BCUT2D eigenvalue weighted by molar-refractivity contribution is 0.0705. The van der Waals surface area contributed by atoms with Gasteiger partial charge in [-0.1, -0.05) is 24.3 Å². The van der Waals surface area contributed by atoms with Crippen molar-refractivity contribution in [1.82, 2.24) is 19.9 Å². The number of nitrogens with zero attached hydrogens (tertiary/aromatic N) is 4. The minimum absolute atomic E-state index is 0.0608. The van der Waals surface area contributed by atoms with Gasteiger partial charge in [-0.15, -0.1) is 0 Å². The van der Waals surface area contributed by atoms with Crippen molar-refractivity contribution in [2.24, 2.45) is 0 Å². The van der Waals surface area contributed by atoms with Crippen molar-refractivity contribution in [3.05, 3.63) is 102 Å². The van der Waals surface area contributed by atoms with Crippen molar-refractivity contribution < 1.29 is 13.9 Å². The van der Waals surface area contributed by atoms with Crippen molar-refractivity contribution in [3.8, 4) is 23.0 Å². The molecular formula is C27H23FN4O2. The predicted octanol–water partition coefficient (Wildman–Crippen LogP) is 5.49. The van der Waals surface area contributed by atoms with Crippen molar-refractivity contribution in [2.75, 3.05) is 13.1 Å². The van der Waals surface area contributed by atoms with E-state index >= 15 is 0 Å². The van der Waals surface area contributed by atoms with Crippen molar-refractivity contribution in [2.45, 2.75) is 18.8 Å². The fourth-order valence-electron chi connectivity index (χ4n) is 4.22. The third-order valence-electron chi connectivity index (χ3n) is 5.88. The lowest BCUT2D eigenvalue weighted by Crippen LogP contribution is -2.39. The Morgan fingerprint density at radius 1 is 0.971 bits per heavy atom. The minimum Gasteiger partial charge on any atom is -0.424 e. The summed E-state index contributed by atoms with van der Waals surface area (Å²) in [5.74, 6) is 0.233. The number of benzene rings is 2. The molecular weight excluding hydrogens is 431 g/mol. The molecule has 1 aliphatic heterocycles. The topological polar surface area (TPSA) is 68.2 Å². The van der Waals surface area contributed by atoms with Crippen LogP contribution >= 0.6 is 0 Å². The van der Waals surface area contributed by atoms with Crippen molar-refractivity contribution in [1.29, 1.82) is 0 Å². The maximum Gasteiger partial charge on any atom is 0.321 e. The first-order valence-corrected chi connectivity index (χ1v) is 11.2. The molecule has 6 nitrogen and oxygen atoms in total. The van der Waals surface area contributed by atoms with Gasteiger partial charge < -0.3 is 9.64 Å². The number of hydrogen-bond donors (Lipinski definition) is 0. The molecule has 1 atom stereocenters. The van der Waals surface area contributed by atoms with E-state index in [1.807, 2.05) is 23.1 Å². The summed E-state index contributed by atoms with van der Waals surface area (Å²) in [6.07, 6.45) is 4.99. The van der Waals surface area contributed by atoms with Crippen LogP contribution in [0, 0.1) is 5.82 Å². The molecule has 34 heavy (non-hydrogen) atoms. The number of hydrogen-bond acceptors (Lipinski definition) is 5. The number of likely N-dealkylation sites (tertiary alicyclic amines) is 1. The van der Waals surface area contributed by atoms with Gasteiger partial charge in [0.05, 0.1) is 5.69 Å². The van der Waals surface area contributed by atoms with Crippen LogP contribution in [0.25, 0.3) is 11.3 Å². The Hall–Kier alpha value is -4.13. The summed E-state index contributed by atoms with van der Waals surface area (Å²) in [5.41, 5.74) is 2.50. The quantitative estimate of drug-likeness (QED) is 0.399. The largest absolute Gasteiger partial charge is 0.424 e. The van der Waals surface area contributed by atoms with Crippen molar-refractivity contribution >= 4 is 5.91 Å². The molecule has 1 aliphatic rings. The van der Waals surface area contributed by atoms with Gasteiger partial charge >= 0.3 is 6.01 Å². The number of amides is 1. The van der Waals surface area contributed by atoms with E-state index in [1.54, 1.807) is 60.9 Å². The van der Waals surface area contributed by atoms with E-state index in [9.17, 15) is 9.18 Å². The van der Waals surface area contributed by atoms with Crippen LogP contribution in [0.1, 0.15) is 34.8 Å². The Morgan fingerprint density at radius 3 is 2.65 bits per heavy atom. The normalized spacial score (nSPS) is 15.7. The number of aromatic nitrogens is 3. The molecule has 0 radical (unpaired) electrons. The maximum absolute atomic E-state index is 14.3. The Bertz CT molecular complexity index is 1300. The van der Waals surface area contributed by atoms with Crippen LogP contribution in [0.4, 0.5) is 4.39 Å². The van der Waals surface area contributed by atoms with Crippen LogP contribution in [-0.2, 0) is 0 Å². The minimum atomic E-state index is -0.296. The van der Waals surface area contributed by atoms with Crippen LogP contribution in [0.2, 0.25) is 0 Å². The fraction of sp³-hybridized carbons (Fsp3) is 0.185. The summed E-state index contributed by atoms with van der Waals surface area (Å²) in [4.78, 5) is 28.0. The zero-order valence-electron chi connectivity index (χ0n) is 18.5. The summed E-state index contributed by atoms with van der Waals surface area (Å²) >= 11 is 0. The maximum atomic E-state index is 14.3. The third-order valence-corrected chi connectivity index (χ3v) is 5.88. The van der Waals surface area contributed by atoms with E-state index in [-0.39, 0.29) is 23.7 Å². The molecule has 1 fully saturated rings.